The van der Waals surface area contributed by atoms with Gasteiger partial charge in [0.05, 0.1) is 11.7 Å². The van der Waals surface area contributed by atoms with Crippen LogP contribution in [-0.2, 0) is 10.2 Å². The van der Waals surface area contributed by atoms with Gasteiger partial charge in [-0.1, -0.05) is 11.6 Å². The molecule has 0 unspecified atom stereocenters. The highest BCUT2D eigenvalue weighted by molar-refractivity contribution is 7.86. The number of rotatable bonds is 3. The van der Waals surface area contributed by atoms with Crippen LogP contribution in [-0.4, -0.2) is 67.5 Å². The first-order valence-electron chi connectivity index (χ1n) is 6.95. The Morgan fingerprint density at radius 3 is 2.55 bits per heavy atom. The molecular formula is C13H18ClN5O2S. The Hall–Kier alpha value is -1.35. The quantitative estimate of drug-likeness (QED) is 0.907. The maximum absolute atomic E-state index is 12.2. The third-order valence-corrected chi connectivity index (χ3v) is 6.03. The SMILES string of the molecule is CN(C)S(=O)(=O)N1CCN(c2cc(Cl)cc3[nH]ncc23)CC1. The van der Waals surface area contributed by atoms with E-state index in [4.69, 9.17) is 11.6 Å². The van der Waals surface area contributed by atoms with E-state index in [1.54, 1.807) is 20.3 Å². The Kier molecular flexibility index (Phi) is 4.02. The fourth-order valence-electron chi connectivity index (χ4n) is 2.65. The van der Waals surface area contributed by atoms with E-state index in [1.807, 2.05) is 12.1 Å². The summed E-state index contributed by atoms with van der Waals surface area (Å²) in [6, 6.07) is 3.73. The Morgan fingerprint density at radius 1 is 1.23 bits per heavy atom. The molecule has 7 nitrogen and oxygen atoms in total. The van der Waals surface area contributed by atoms with Gasteiger partial charge in [-0.15, -0.1) is 0 Å². The number of halogens is 1. The Labute approximate surface area is 134 Å². The monoisotopic (exact) mass is 343 g/mol. The molecular weight excluding hydrogens is 326 g/mol. The Balaban J connectivity index is 1.83. The van der Waals surface area contributed by atoms with Gasteiger partial charge >= 0.3 is 0 Å². The van der Waals surface area contributed by atoms with Gasteiger partial charge in [0.25, 0.3) is 10.2 Å². The van der Waals surface area contributed by atoms with Crippen molar-refractivity contribution >= 4 is 38.4 Å². The third-order valence-electron chi connectivity index (χ3n) is 3.87. The summed E-state index contributed by atoms with van der Waals surface area (Å²) in [7, 11) is -0.251. The van der Waals surface area contributed by atoms with Crippen molar-refractivity contribution in [3.8, 4) is 0 Å². The van der Waals surface area contributed by atoms with Crippen LogP contribution in [0.15, 0.2) is 18.3 Å². The third kappa shape index (κ3) is 2.67. The van der Waals surface area contributed by atoms with Gasteiger partial charge in [-0.2, -0.15) is 22.1 Å². The standard InChI is InChI=1S/C13H18ClN5O2S/c1-17(2)22(20,21)19-5-3-18(4-6-19)13-8-10(14)7-12-11(13)9-15-16-12/h7-9H,3-6H2,1-2H3,(H,15,16). The van der Waals surface area contributed by atoms with Crippen LogP contribution in [0.5, 0.6) is 0 Å². The van der Waals surface area contributed by atoms with Crippen molar-refractivity contribution in [2.75, 3.05) is 45.2 Å². The molecule has 0 spiro atoms. The molecule has 2 aromatic rings. The largest absolute Gasteiger partial charge is 0.368 e. The van der Waals surface area contributed by atoms with Crippen molar-refractivity contribution in [3.63, 3.8) is 0 Å². The first-order valence-corrected chi connectivity index (χ1v) is 8.72. The van der Waals surface area contributed by atoms with Crippen molar-refractivity contribution in [1.29, 1.82) is 0 Å². The number of aromatic nitrogens is 2. The smallest absolute Gasteiger partial charge is 0.281 e. The summed E-state index contributed by atoms with van der Waals surface area (Å²) in [5.41, 5.74) is 1.86. The number of nitrogens with zero attached hydrogens (tertiary/aromatic N) is 4. The zero-order chi connectivity index (χ0) is 15.9. The van der Waals surface area contributed by atoms with Crippen molar-refractivity contribution < 1.29 is 8.42 Å². The number of H-pyrrole nitrogens is 1. The summed E-state index contributed by atoms with van der Waals surface area (Å²) >= 11 is 6.16. The number of benzene rings is 1. The van der Waals surface area contributed by atoms with E-state index in [-0.39, 0.29) is 0 Å². The summed E-state index contributed by atoms with van der Waals surface area (Å²) in [6.45, 7) is 2.14. The van der Waals surface area contributed by atoms with Gasteiger partial charge in [-0.25, -0.2) is 0 Å². The predicted octanol–water partition coefficient (Wildman–Crippen LogP) is 1.14. The second kappa shape index (κ2) is 5.69. The summed E-state index contributed by atoms with van der Waals surface area (Å²) in [5, 5.41) is 8.59. The molecule has 1 aromatic carbocycles. The van der Waals surface area contributed by atoms with Crippen LogP contribution < -0.4 is 4.90 Å². The van der Waals surface area contributed by atoms with E-state index in [1.165, 1.54) is 8.61 Å². The molecule has 9 heteroatoms. The molecule has 0 bridgehead atoms. The lowest BCUT2D eigenvalue weighted by Crippen LogP contribution is -2.51. The lowest BCUT2D eigenvalue weighted by atomic mass is 10.2. The molecule has 0 radical (unpaired) electrons. The zero-order valence-corrected chi connectivity index (χ0v) is 14.0. The van der Waals surface area contributed by atoms with E-state index in [0.717, 1.165) is 16.6 Å². The van der Waals surface area contributed by atoms with Gasteiger partial charge < -0.3 is 4.90 Å². The summed E-state index contributed by atoms with van der Waals surface area (Å²) in [4.78, 5) is 2.14. The maximum Gasteiger partial charge on any atom is 0.281 e. The van der Waals surface area contributed by atoms with E-state index in [0.29, 0.717) is 31.2 Å². The number of fused-ring (bicyclic) bond motifs is 1. The molecule has 0 amide bonds. The van der Waals surface area contributed by atoms with E-state index >= 15 is 0 Å². The highest BCUT2D eigenvalue weighted by Crippen LogP contribution is 2.30. The molecule has 22 heavy (non-hydrogen) atoms. The fourth-order valence-corrected chi connectivity index (χ4v) is 3.95. The van der Waals surface area contributed by atoms with Gasteiger partial charge in [0, 0.05) is 56.4 Å². The molecule has 1 saturated heterocycles. The van der Waals surface area contributed by atoms with Gasteiger partial charge in [0.2, 0.25) is 0 Å². The normalized spacial score (nSPS) is 17.5. The first kappa shape index (κ1) is 15.5. The number of piperazine rings is 1. The van der Waals surface area contributed by atoms with Crippen molar-refractivity contribution in [3.05, 3.63) is 23.4 Å². The van der Waals surface area contributed by atoms with Gasteiger partial charge in [0.15, 0.2) is 0 Å². The molecule has 2 heterocycles. The van der Waals surface area contributed by atoms with Crippen LogP contribution in [0.1, 0.15) is 0 Å². The van der Waals surface area contributed by atoms with E-state index < -0.39 is 10.2 Å². The Morgan fingerprint density at radius 2 is 1.91 bits per heavy atom. The minimum atomic E-state index is -3.35. The number of aromatic amines is 1. The molecule has 1 aromatic heterocycles. The molecule has 1 aliphatic rings. The molecule has 0 saturated carbocycles. The van der Waals surface area contributed by atoms with Crippen molar-refractivity contribution in [2.24, 2.45) is 0 Å². The van der Waals surface area contributed by atoms with Crippen LogP contribution in [0.2, 0.25) is 5.02 Å². The van der Waals surface area contributed by atoms with Crippen LogP contribution in [0, 0.1) is 0 Å². The minimum absolute atomic E-state index is 0.451. The van der Waals surface area contributed by atoms with Crippen molar-refractivity contribution in [1.82, 2.24) is 18.8 Å². The highest BCUT2D eigenvalue weighted by Gasteiger charge is 2.29. The topological polar surface area (TPSA) is 72.5 Å². The molecule has 1 N–H and O–H groups in total. The average molecular weight is 344 g/mol. The molecule has 0 atom stereocenters. The zero-order valence-electron chi connectivity index (χ0n) is 12.5. The Bertz CT molecular complexity index is 781. The number of anilines is 1. The maximum atomic E-state index is 12.2. The van der Waals surface area contributed by atoms with Gasteiger partial charge in [-0.3, -0.25) is 5.10 Å². The number of nitrogens with one attached hydrogen (secondary N) is 1. The van der Waals surface area contributed by atoms with Crippen LogP contribution in [0.25, 0.3) is 10.9 Å². The summed E-state index contributed by atoms with van der Waals surface area (Å²) in [6.07, 6.45) is 1.77. The first-order chi connectivity index (χ1) is 10.4. The molecule has 1 aliphatic heterocycles. The second-order valence-corrected chi connectivity index (χ2v) is 8.01. The van der Waals surface area contributed by atoms with Crippen molar-refractivity contribution in [2.45, 2.75) is 0 Å². The molecule has 0 aliphatic carbocycles. The molecule has 1 fully saturated rings. The van der Waals surface area contributed by atoms with Gasteiger partial charge in [0.1, 0.15) is 0 Å². The van der Waals surface area contributed by atoms with Crippen LogP contribution in [0.3, 0.4) is 0 Å². The lowest BCUT2D eigenvalue weighted by Gasteiger charge is -2.36. The van der Waals surface area contributed by atoms with E-state index in [9.17, 15) is 8.42 Å². The van der Waals surface area contributed by atoms with E-state index in [2.05, 4.69) is 15.1 Å². The van der Waals surface area contributed by atoms with Gasteiger partial charge in [-0.05, 0) is 12.1 Å². The number of hydrogen-bond acceptors (Lipinski definition) is 4. The number of hydrogen-bond donors (Lipinski definition) is 1. The lowest BCUT2D eigenvalue weighted by molar-refractivity contribution is 0.356. The van der Waals surface area contributed by atoms with Crippen LogP contribution in [0.4, 0.5) is 5.69 Å². The molecule has 3 rings (SSSR count). The highest BCUT2D eigenvalue weighted by atomic mass is 35.5. The molecule has 120 valence electrons. The van der Waals surface area contributed by atoms with Crippen LogP contribution >= 0.6 is 11.6 Å². The fraction of sp³-hybridized carbons (Fsp3) is 0.462. The second-order valence-electron chi connectivity index (χ2n) is 5.43. The summed E-state index contributed by atoms with van der Waals surface area (Å²) in [5.74, 6) is 0. The average Bonchev–Trinajstić information content (AvgIpc) is 2.94. The predicted molar refractivity (Wildman–Crippen MR) is 87.5 cm³/mol. The summed E-state index contributed by atoms with van der Waals surface area (Å²) < 4.78 is 27.0. The minimum Gasteiger partial charge on any atom is -0.368 e.